The van der Waals surface area contributed by atoms with Crippen molar-refractivity contribution in [3.8, 4) is 0 Å². The number of rotatable bonds is 3. The van der Waals surface area contributed by atoms with Gasteiger partial charge >= 0.3 is 0 Å². The van der Waals surface area contributed by atoms with Crippen LogP contribution in [0.2, 0.25) is 0 Å². The number of anilines is 2. The fourth-order valence-electron chi connectivity index (χ4n) is 2.73. The van der Waals surface area contributed by atoms with Crippen LogP contribution in [0.4, 0.5) is 11.8 Å². The summed E-state index contributed by atoms with van der Waals surface area (Å²) in [4.78, 5) is 22.9. The predicted octanol–water partition coefficient (Wildman–Crippen LogP) is 1.63. The number of nitrogens with one attached hydrogen (secondary N) is 1. The molecule has 0 atom stereocenters. The number of nitrogen functional groups attached to an aromatic ring is 1. The van der Waals surface area contributed by atoms with Gasteiger partial charge in [0, 0.05) is 26.6 Å². The lowest BCUT2D eigenvalue weighted by molar-refractivity contribution is -0.119. The zero-order chi connectivity index (χ0) is 14.8. The number of aromatic nitrogens is 2. The van der Waals surface area contributed by atoms with Crippen molar-refractivity contribution in [2.45, 2.75) is 19.8 Å². The fraction of sp³-hybridized carbons (Fsp3) is 0.500. The molecular weight excluding hydrogens is 286 g/mol. The molecule has 112 valence electrons. The Labute approximate surface area is 127 Å². The lowest BCUT2D eigenvalue weighted by Crippen LogP contribution is -2.38. The highest BCUT2D eigenvalue weighted by atomic mass is 32.1. The molecule has 2 aromatic rings. The van der Waals surface area contributed by atoms with E-state index in [2.05, 4.69) is 26.3 Å². The molecule has 0 saturated carbocycles. The van der Waals surface area contributed by atoms with Crippen molar-refractivity contribution in [3.63, 3.8) is 0 Å². The Hall–Kier alpha value is -1.89. The minimum Gasteiger partial charge on any atom is -0.368 e. The van der Waals surface area contributed by atoms with Crippen molar-refractivity contribution in [2.24, 2.45) is 5.92 Å². The van der Waals surface area contributed by atoms with Crippen molar-refractivity contribution in [3.05, 3.63) is 11.4 Å². The van der Waals surface area contributed by atoms with E-state index in [1.165, 1.54) is 0 Å². The van der Waals surface area contributed by atoms with Gasteiger partial charge in [0.1, 0.15) is 10.6 Å². The van der Waals surface area contributed by atoms with Gasteiger partial charge in [0.25, 0.3) is 0 Å². The molecule has 3 N–H and O–H groups in total. The predicted molar refractivity (Wildman–Crippen MR) is 85.4 cm³/mol. The summed E-state index contributed by atoms with van der Waals surface area (Å²) in [6.45, 7) is 4.20. The molecule has 1 fully saturated rings. The van der Waals surface area contributed by atoms with Gasteiger partial charge < -0.3 is 16.0 Å². The Kier molecular flexibility index (Phi) is 3.92. The first-order valence-corrected chi connectivity index (χ1v) is 8.01. The monoisotopic (exact) mass is 305 g/mol. The fourth-order valence-corrected chi connectivity index (χ4v) is 3.50. The zero-order valence-electron chi connectivity index (χ0n) is 12.0. The van der Waals surface area contributed by atoms with Crippen molar-refractivity contribution >= 4 is 39.2 Å². The third-order valence-electron chi connectivity index (χ3n) is 3.88. The van der Waals surface area contributed by atoms with E-state index in [-0.39, 0.29) is 5.91 Å². The summed E-state index contributed by atoms with van der Waals surface area (Å²) in [6.07, 6.45) is 2.10. The summed E-state index contributed by atoms with van der Waals surface area (Å²) < 4.78 is 0. The number of carbonyl (C=O) groups is 1. The second kappa shape index (κ2) is 5.85. The average Bonchev–Trinajstić information content (AvgIpc) is 2.93. The molecule has 7 heteroatoms. The molecule has 3 rings (SSSR count). The van der Waals surface area contributed by atoms with Gasteiger partial charge in [-0.25, -0.2) is 4.98 Å². The molecule has 1 aliphatic heterocycles. The Balaban J connectivity index is 1.71. The lowest BCUT2D eigenvalue weighted by atomic mass is 9.96. The summed E-state index contributed by atoms with van der Waals surface area (Å²) in [7, 11) is 0. The SMILES string of the molecule is CC(=O)NCC1CCN(c2nc(N)nc3sccc23)CC1. The van der Waals surface area contributed by atoms with E-state index in [1.54, 1.807) is 18.3 Å². The Bertz CT molecular complexity index is 648. The number of carbonyl (C=O) groups excluding carboxylic acids is 1. The molecule has 1 saturated heterocycles. The first-order chi connectivity index (χ1) is 10.1. The molecular formula is C14H19N5OS. The number of hydrogen-bond acceptors (Lipinski definition) is 6. The third-order valence-corrected chi connectivity index (χ3v) is 4.68. The molecule has 0 spiro atoms. The number of amides is 1. The van der Waals surface area contributed by atoms with Crippen molar-refractivity contribution in [2.75, 3.05) is 30.3 Å². The number of fused-ring (bicyclic) bond motifs is 1. The van der Waals surface area contributed by atoms with Gasteiger partial charge in [-0.2, -0.15) is 4.98 Å². The topological polar surface area (TPSA) is 84.1 Å². The van der Waals surface area contributed by atoms with E-state index in [0.29, 0.717) is 11.9 Å². The largest absolute Gasteiger partial charge is 0.368 e. The normalized spacial score (nSPS) is 16.3. The molecule has 0 aromatic carbocycles. The van der Waals surface area contributed by atoms with Crippen LogP contribution in [0, 0.1) is 5.92 Å². The molecule has 1 amide bonds. The Morgan fingerprint density at radius 3 is 2.95 bits per heavy atom. The van der Waals surface area contributed by atoms with E-state index in [1.807, 2.05) is 5.38 Å². The zero-order valence-corrected chi connectivity index (χ0v) is 12.8. The minimum atomic E-state index is 0.0426. The first kappa shape index (κ1) is 14.1. The van der Waals surface area contributed by atoms with E-state index < -0.39 is 0 Å². The molecule has 0 unspecified atom stereocenters. The Morgan fingerprint density at radius 1 is 1.48 bits per heavy atom. The van der Waals surface area contributed by atoms with Gasteiger partial charge in [-0.05, 0) is 30.2 Å². The van der Waals surface area contributed by atoms with Gasteiger partial charge in [0.15, 0.2) is 0 Å². The highest BCUT2D eigenvalue weighted by molar-refractivity contribution is 7.16. The molecule has 1 aliphatic rings. The smallest absolute Gasteiger partial charge is 0.223 e. The summed E-state index contributed by atoms with van der Waals surface area (Å²) in [6, 6.07) is 2.05. The van der Waals surface area contributed by atoms with Gasteiger partial charge in [-0.3, -0.25) is 4.79 Å². The van der Waals surface area contributed by atoms with Crippen LogP contribution < -0.4 is 16.0 Å². The van der Waals surface area contributed by atoms with E-state index in [4.69, 9.17) is 5.73 Å². The third kappa shape index (κ3) is 3.07. The van der Waals surface area contributed by atoms with Crippen LogP contribution in [0.25, 0.3) is 10.2 Å². The van der Waals surface area contributed by atoms with Crippen LogP contribution in [0.5, 0.6) is 0 Å². The molecule has 0 radical (unpaired) electrons. The number of nitrogens with two attached hydrogens (primary N) is 1. The summed E-state index contributed by atoms with van der Waals surface area (Å²) in [5, 5.41) is 6.00. The first-order valence-electron chi connectivity index (χ1n) is 7.13. The maximum Gasteiger partial charge on any atom is 0.223 e. The molecule has 0 aliphatic carbocycles. The number of thiophene rings is 1. The number of hydrogen-bond donors (Lipinski definition) is 2. The number of piperidine rings is 1. The quantitative estimate of drug-likeness (QED) is 0.900. The highest BCUT2D eigenvalue weighted by Gasteiger charge is 2.22. The van der Waals surface area contributed by atoms with E-state index >= 15 is 0 Å². The van der Waals surface area contributed by atoms with Crippen LogP contribution in [0.15, 0.2) is 11.4 Å². The summed E-state index contributed by atoms with van der Waals surface area (Å²) in [5.41, 5.74) is 5.81. The Morgan fingerprint density at radius 2 is 2.24 bits per heavy atom. The molecule has 6 nitrogen and oxygen atoms in total. The average molecular weight is 305 g/mol. The van der Waals surface area contributed by atoms with Crippen LogP contribution >= 0.6 is 11.3 Å². The lowest BCUT2D eigenvalue weighted by Gasteiger charge is -2.33. The van der Waals surface area contributed by atoms with Crippen molar-refractivity contribution in [1.29, 1.82) is 0 Å². The van der Waals surface area contributed by atoms with Gasteiger partial charge in [-0.1, -0.05) is 0 Å². The molecule has 2 aromatic heterocycles. The second-order valence-corrected chi connectivity index (χ2v) is 6.31. The number of nitrogens with zero attached hydrogens (tertiary/aromatic N) is 3. The van der Waals surface area contributed by atoms with Crippen molar-refractivity contribution < 1.29 is 4.79 Å². The van der Waals surface area contributed by atoms with Gasteiger partial charge in [0.2, 0.25) is 11.9 Å². The maximum absolute atomic E-state index is 11.0. The minimum absolute atomic E-state index is 0.0426. The van der Waals surface area contributed by atoms with Gasteiger partial charge in [-0.15, -0.1) is 11.3 Å². The highest BCUT2D eigenvalue weighted by Crippen LogP contribution is 2.31. The molecule has 21 heavy (non-hydrogen) atoms. The van der Waals surface area contributed by atoms with Crippen LogP contribution in [0.3, 0.4) is 0 Å². The summed E-state index contributed by atoms with van der Waals surface area (Å²) in [5.74, 6) is 1.86. The van der Waals surface area contributed by atoms with Crippen LogP contribution in [-0.4, -0.2) is 35.5 Å². The van der Waals surface area contributed by atoms with E-state index in [0.717, 1.165) is 48.5 Å². The van der Waals surface area contributed by atoms with Crippen LogP contribution in [0.1, 0.15) is 19.8 Å². The second-order valence-electron chi connectivity index (χ2n) is 5.41. The molecule has 3 heterocycles. The molecule has 0 bridgehead atoms. The maximum atomic E-state index is 11.0. The van der Waals surface area contributed by atoms with Gasteiger partial charge in [0.05, 0.1) is 5.39 Å². The van der Waals surface area contributed by atoms with Crippen molar-refractivity contribution in [1.82, 2.24) is 15.3 Å². The standard InChI is InChI=1S/C14H19N5OS/c1-9(20)16-8-10-2-5-19(6-3-10)12-11-4-7-21-13(11)18-14(15)17-12/h4,7,10H,2-3,5-6,8H2,1H3,(H,16,20)(H2,15,17,18). The summed E-state index contributed by atoms with van der Waals surface area (Å²) >= 11 is 1.59. The van der Waals surface area contributed by atoms with Crippen LogP contribution in [-0.2, 0) is 4.79 Å². The van der Waals surface area contributed by atoms with E-state index in [9.17, 15) is 4.79 Å².